The summed E-state index contributed by atoms with van der Waals surface area (Å²) in [6.45, 7) is 1.44. The van der Waals surface area contributed by atoms with Gasteiger partial charge in [0.25, 0.3) is 12.3 Å². The normalized spacial score (nSPS) is 21.7. The van der Waals surface area contributed by atoms with Gasteiger partial charge in [-0.25, -0.2) is 13.2 Å². The van der Waals surface area contributed by atoms with Gasteiger partial charge in [0.2, 0.25) is 0 Å². The average Bonchev–Trinajstić information content (AvgIpc) is 2.48. The number of carbonyl (C=O) groups is 1. The van der Waals surface area contributed by atoms with Gasteiger partial charge in [0.15, 0.2) is 0 Å². The van der Waals surface area contributed by atoms with Gasteiger partial charge in [-0.15, -0.1) is 0 Å². The lowest BCUT2D eigenvalue weighted by Gasteiger charge is -2.38. The molecule has 0 radical (unpaired) electrons. The fourth-order valence-electron chi connectivity index (χ4n) is 3.09. The summed E-state index contributed by atoms with van der Waals surface area (Å²) in [4.78, 5) is 16.2. The summed E-state index contributed by atoms with van der Waals surface area (Å²) < 4.78 is 38.5. The van der Waals surface area contributed by atoms with E-state index in [4.69, 9.17) is 5.73 Å². The molecule has 3 rings (SSSR count). The Morgan fingerprint density at radius 3 is 2.67 bits per heavy atom. The molecule has 1 aromatic carbocycles. The minimum atomic E-state index is -2.42. The number of hydrogen-bond acceptors (Lipinski definition) is 3. The van der Waals surface area contributed by atoms with Crippen molar-refractivity contribution in [1.82, 2.24) is 10.3 Å². The summed E-state index contributed by atoms with van der Waals surface area (Å²) in [5, 5.41) is 3.37. The molecule has 2 aromatic rings. The molecule has 0 saturated heterocycles. The zero-order valence-electron chi connectivity index (χ0n) is 13.1. The van der Waals surface area contributed by atoms with E-state index in [1.54, 1.807) is 12.1 Å². The molecule has 1 atom stereocenters. The first-order chi connectivity index (χ1) is 11.3. The molecule has 4 nitrogen and oxygen atoms in total. The molecular formula is C17H18F3N3O. The number of hydrogen-bond donors (Lipinski definition) is 2. The Morgan fingerprint density at radius 1 is 1.33 bits per heavy atom. The van der Waals surface area contributed by atoms with Gasteiger partial charge in [-0.3, -0.25) is 9.78 Å². The van der Waals surface area contributed by atoms with E-state index < -0.39 is 24.2 Å². The number of aromatic nitrogens is 1. The first-order valence-electron chi connectivity index (χ1n) is 7.79. The maximum Gasteiger partial charge on any atom is 0.253 e. The molecule has 1 amide bonds. The standard InChI is InChI=1S/C17H18F3N3O/c1-8(16(19)20)22-12-5-10(6-12)15-13(17(21)24)7-9-4-11(18)2-3-14(9)23-15/h2-4,7-8,10,12,16,22H,5-6H2,1H3,(H2,21,24). The number of pyridine rings is 1. The number of benzene rings is 1. The second-order valence-electron chi connectivity index (χ2n) is 6.28. The number of nitrogens with two attached hydrogens (primary N) is 1. The van der Waals surface area contributed by atoms with Gasteiger partial charge in [0.05, 0.1) is 22.8 Å². The maximum atomic E-state index is 13.3. The highest BCUT2D eigenvalue weighted by Gasteiger charge is 2.35. The summed E-state index contributed by atoms with van der Waals surface area (Å²) in [6.07, 6.45) is -1.20. The van der Waals surface area contributed by atoms with Gasteiger partial charge in [0, 0.05) is 17.3 Å². The van der Waals surface area contributed by atoms with E-state index in [0.29, 0.717) is 29.4 Å². The molecule has 1 heterocycles. The van der Waals surface area contributed by atoms with Crippen LogP contribution in [0.5, 0.6) is 0 Å². The molecule has 1 unspecified atom stereocenters. The van der Waals surface area contributed by atoms with Gasteiger partial charge in [-0.05, 0) is 44.0 Å². The van der Waals surface area contributed by atoms with Gasteiger partial charge in [-0.1, -0.05) is 0 Å². The average molecular weight is 337 g/mol. The SMILES string of the molecule is CC(NC1CC(c2nc3ccc(F)cc3cc2C(N)=O)C1)C(F)F. The number of halogens is 3. The summed E-state index contributed by atoms with van der Waals surface area (Å²) in [7, 11) is 0. The van der Waals surface area contributed by atoms with Crippen LogP contribution in [0, 0.1) is 5.82 Å². The third-order valence-electron chi connectivity index (χ3n) is 4.47. The van der Waals surface area contributed by atoms with Crippen molar-refractivity contribution in [1.29, 1.82) is 0 Å². The number of rotatable bonds is 5. The van der Waals surface area contributed by atoms with E-state index >= 15 is 0 Å². The van der Waals surface area contributed by atoms with Crippen molar-refractivity contribution in [3.63, 3.8) is 0 Å². The van der Waals surface area contributed by atoms with E-state index in [2.05, 4.69) is 10.3 Å². The van der Waals surface area contributed by atoms with Crippen LogP contribution in [0.15, 0.2) is 24.3 Å². The molecule has 1 aliphatic carbocycles. The summed E-state index contributed by atoms with van der Waals surface area (Å²) in [5.41, 5.74) is 6.83. The number of amides is 1. The number of fused-ring (bicyclic) bond motifs is 1. The lowest BCUT2D eigenvalue weighted by atomic mass is 9.76. The second kappa shape index (κ2) is 6.39. The molecule has 1 aliphatic rings. The zero-order valence-corrected chi connectivity index (χ0v) is 13.1. The van der Waals surface area contributed by atoms with Crippen molar-refractivity contribution in [3.8, 4) is 0 Å². The molecule has 24 heavy (non-hydrogen) atoms. The van der Waals surface area contributed by atoms with Crippen molar-refractivity contribution in [2.24, 2.45) is 5.73 Å². The van der Waals surface area contributed by atoms with Crippen molar-refractivity contribution >= 4 is 16.8 Å². The van der Waals surface area contributed by atoms with Crippen LogP contribution in [0.1, 0.15) is 41.7 Å². The molecule has 0 spiro atoms. The third-order valence-corrected chi connectivity index (χ3v) is 4.47. The highest BCUT2D eigenvalue weighted by atomic mass is 19.3. The molecule has 1 fully saturated rings. The Balaban J connectivity index is 1.83. The Labute approximate surface area is 137 Å². The summed E-state index contributed by atoms with van der Waals surface area (Å²) in [5.74, 6) is -1.06. The molecule has 7 heteroatoms. The third kappa shape index (κ3) is 3.21. The van der Waals surface area contributed by atoms with Gasteiger partial charge in [-0.2, -0.15) is 0 Å². The molecular weight excluding hydrogens is 319 g/mol. The van der Waals surface area contributed by atoms with Crippen LogP contribution >= 0.6 is 0 Å². The minimum absolute atomic E-state index is 0.0238. The molecule has 0 aliphatic heterocycles. The quantitative estimate of drug-likeness (QED) is 0.881. The van der Waals surface area contributed by atoms with E-state index in [-0.39, 0.29) is 17.5 Å². The fourth-order valence-corrected chi connectivity index (χ4v) is 3.09. The number of primary amides is 1. The van der Waals surface area contributed by atoms with Crippen molar-refractivity contribution in [2.45, 2.75) is 44.2 Å². The van der Waals surface area contributed by atoms with Gasteiger partial charge in [0.1, 0.15) is 5.82 Å². The number of carbonyl (C=O) groups excluding carboxylic acids is 1. The monoisotopic (exact) mass is 337 g/mol. The zero-order chi connectivity index (χ0) is 17.4. The predicted molar refractivity (Wildman–Crippen MR) is 84.6 cm³/mol. The van der Waals surface area contributed by atoms with Crippen LogP contribution in [-0.4, -0.2) is 29.4 Å². The second-order valence-corrected chi connectivity index (χ2v) is 6.28. The van der Waals surface area contributed by atoms with Crippen LogP contribution < -0.4 is 11.1 Å². The Kier molecular flexibility index (Phi) is 4.45. The number of nitrogens with zero attached hydrogens (tertiary/aromatic N) is 1. The van der Waals surface area contributed by atoms with Gasteiger partial charge < -0.3 is 11.1 Å². The van der Waals surface area contributed by atoms with Crippen LogP contribution in [0.25, 0.3) is 10.9 Å². The highest BCUT2D eigenvalue weighted by molar-refractivity contribution is 5.97. The Hall–Kier alpha value is -2.15. The molecule has 1 saturated carbocycles. The highest BCUT2D eigenvalue weighted by Crippen LogP contribution is 2.38. The van der Waals surface area contributed by atoms with Crippen LogP contribution in [0.4, 0.5) is 13.2 Å². The minimum Gasteiger partial charge on any atom is -0.366 e. The Morgan fingerprint density at radius 2 is 2.04 bits per heavy atom. The molecule has 128 valence electrons. The van der Waals surface area contributed by atoms with E-state index in [1.165, 1.54) is 19.1 Å². The smallest absolute Gasteiger partial charge is 0.253 e. The molecule has 3 N–H and O–H groups in total. The van der Waals surface area contributed by atoms with Crippen molar-refractivity contribution in [2.75, 3.05) is 0 Å². The largest absolute Gasteiger partial charge is 0.366 e. The first-order valence-corrected chi connectivity index (χ1v) is 7.79. The topological polar surface area (TPSA) is 68.0 Å². The van der Waals surface area contributed by atoms with E-state index in [9.17, 15) is 18.0 Å². The van der Waals surface area contributed by atoms with E-state index in [1.807, 2.05) is 0 Å². The molecule has 0 bridgehead atoms. The lowest BCUT2D eigenvalue weighted by Crippen LogP contribution is -2.47. The fraction of sp³-hybridized carbons (Fsp3) is 0.412. The number of nitrogens with one attached hydrogen (secondary N) is 1. The summed E-state index contributed by atoms with van der Waals surface area (Å²) in [6, 6.07) is 4.79. The Bertz CT molecular complexity index is 775. The van der Waals surface area contributed by atoms with Crippen molar-refractivity contribution < 1.29 is 18.0 Å². The maximum absolute atomic E-state index is 13.3. The summed E-state index contributed by atoms with van der Waals surface area (Å²) >= 11 is 0. The predicted octanol–water partition coefficient (Wildman–Crippen LogP) is 2.96. The van der Waals surface area contributed by atoms with Crippen LogP contribution in [0.3, 0.4) is 0 Å². The van der Waals surface area contributed by atoms with Crippen LogP contribution in [0.2, 0.25) is 0 Å². The molecule has 1 aromatic heterocycles. The van der Waals surface area contributed by atoms with E-state index in [0.717, 1.165) is 0 Å². The number of alkyl halides is 2. The lowest BCUT2D eigenvalue weighted by molar-refractivity contribution is 0.0889. The van der Waals surface area contributed by atoms with Crippen molar-refractivity contribution in [3.05, 3.63) is 41.3 Å². The van der Waals surface area contributed by atoms with Crippen LogP contribution in [-0.2, 0) is 0 Å². The first kappa shape index (κ1) is 16.7. The van der Waals surface area contributed by atoms with Gasteiger partial charge >= 0.3 is 0 Å².